The maximum absolute atomic E-state index is 13.3. The van der Waals surface area contributed by atoms with Gasteiger partial charge in [-0.1, -0.05) is 24.7 Å². The van der Waals surface area contributed by atoms with Gasteiger partial charge >= 0.3 is 0 Å². The van der Waals surface area contributed by atoms with Crippen molar-refractivity contribution in [2.24, 2.45) is 5.73 Å². The van der Waals surface area contributed by atoms with Crippen LogP contribution in [0.15, 0.2) is 18.2 Å². The average Bonchev–Trinajstić information content (AvgIpc) is 2.35. The monoisotopic (exact) mass is 296 g/mol. The third kappa shape index (κ3) is 3.75. The molecule has 3 nitrogen and oxygen atoms in total. The van der Waals surface area contributed by atoms with Gasteiger partial charge in [0.1, 0.15) is 10.8 Å². The summed E-state index contributed by atoms with van der Waals surface area (Å²) in [4.78, 5) is 2.57. The Morgan fingerprint density at radius 3 is 2.75 bits per heavy atom. The SMILES string of the molecule is NC(=S)c1cc(F)ccc1CN(CCCO)C1CCC1. The summed E-state index contributed by atoms with van der Waals surface area (Å²) in [7, 11) is 0. The van der Waals surface area contributed by atoms with Crippen LogP contribution in [0.25, 0.3) is 0 Å². The smallest absolute Gasteiger partial charge is 0.123 e. The Kier molecular flexibility index (Phi) is 5.46. The second-order valence-corrected chi connectivity index (χ2v) is 5.74. The van der Waals surface area contributed by atoms with Gasteiger partial charge in [-0.05, 0) is 37.0 Å². The van der Waals surface area contributed by atoms with Crippen molar-refractivity contribution in [2.75, 3.05) is 13.2 Å². The summed E-state index contributed by atoms with van der Waals surface area (Å²) in [6.45, 7) is 1.74. The fourth-order valence-electron chi connectivity index (χ4n) is 2.55. The molecule has 0 unspecified atom stereocenters. The Morgan fingerprint density at radius 2 is 2.20 bits per heavy atom. The minimum atomic E-state index is -0.317. The number of aliphatic hydroxyl groups is 1. The molecular formula is C15H21FN2OS. The van der Waals surface area contributed by atoms with Gasteiger partial charge in [-0.3, -0.25) is 4.90 Å². The topological polar surface area (TPSA) is 49.5 Å². The molecule has 0 radical (unpaired) electrons. The van der Waals surface area contributed by atoms with Crippen LogP contribution in [0.4, 0.5) is 4.39 Å². The van der Waals surface area contributed by atoms with Gasteiger partial charge in [-0.15, -0.1) is 0 Å². The van der Waals surface area contributed by atoms with Crippen molar-refractivity contribution in [3.8, 4) is 0 Å². The number of thiocarbonyl (C=S) groups is 1. The van der Waals surface area contributed by atoms with Gasteiger partial charge in [-0.2, -0.15) is 0 Å². The van der Waals surface area contributed by atoms with E-state index in [1.54, 1.807) is 6.07 Å². The number of hydrogen-bond donors (Lipinski definition) is 2. The van der Waals surface area contributed by atoms with E-state index in [-0.39, 0.29) is 17.4 Å². The summed E-state index contributed by atoms with van der Waals surface area (Å²) in [5, 5.41) is 9.02. The van der Waals surface area contributed by atoms with Crippen molar-refractivity contribution < 1.29 is 9.50 Å². The number of benzene rings is 1. The Morgan fingerprint density at radius 1 is 1.45 bits per heavy atom. The quantitative estimate of drug-likeness (QED) is 0.757. The Bertz CT molecular complexity index is 477. The van der Waals surface area contributed by atoms with Gasteiger partial charge in [0, 0.05) is 31.3 Å². The van der Waals surface area contributed by atoms with Crippen LogP contribution in [0.2, 0.25) is 0 Å². The third-order valence-electron chi connectivity index (χ3n) is 3.91. The predicted molar refractivity (Wildman–Crippen MR) is 82.0 cm³/mol. The molecule has 0 spiro atoms. The molecule has 1 fully saturated rings. The molecule has 110 valence electrons. The molecule has 0 heterocycles. The largest absolute Gasteiger partial charge is 0.396 e. The van der Waals surface area contributed by atoms with E-state index in [9.17, 15) is 4.39 Å². The van der Waals surface area contributed by atoms with Gasteiger partial charge in [0.05, 0.1) is 0 Å². The van der Waals surface area contributed by atoms with E-state index in [1.165, 1.54) is 31.4 Å². The van der Waals surface area contributed by atoms with Crippen LogP contribution in [0.5, 0.6) is 0 Å². The number of halogens is 1. The highest BCUT2D eigenvalue weighted by molar-refractivity contribution is 7.80. The van der Waals surface area contributed by atoms with E-state index in [4.69, 9.17) is 23.1 Å². The Hall–Kier alpha value is -1.04. The van der Waals surface area contributed by atoms with E-state index < -0.39 is 0 Å². The van der Waals surface area contributed by atoms with Crippen LogP contribution in [0.3, 0.4) is 0 Å². The molecule has 2 rings (SSSR count). The summed E-state index contributed by atoms with van der Waals surface area (Å²) >= 11 is 5.01. The van der Waals surface area contributed by atoms with E-state index in [0.717, 1.165) is 18.5 Å². The molecule has 1 aromatic rings. The molecule has 0 saturated heterocycles. The first-order valence-electron chi connectivity index (χ1n) is 7.05. The van der Waals surface area contributed by atoms with E-state index in [2.05, 4.69) is 4.90 Å². The van der Waals surface area contributed by atoms with Crippen molar-refractivity contribution >= 4 is 17.2 Å². The molecule has 0 amide bonds. The Labute approximate surface area is 124 Å². The van der Waals surface area contributed by atoms with Crippen molar-refractivity contribution in [3.63, 3.8) is 0 Å². The van der Waals surface area contributed by atoms with Crippen molar-refractivity contribution in [2.45, 2.75) is 38.3 Å². The summed E-state index contributed by atoms with van der Waals surface area (Å²) in [6, 6.07) is 5.17. The van der Waals surface area contributed by atoms with Gasteiger partial charge in [0.2, 0.25) is 0 Å². The lowest BCUT2D eigenvalue weighted by Crippen LogP contribution is -2.40. The molecule has 1 saturated carbocycles. The lowest BCUT2D eigenvalue weighted by atomic mass is 9.90. The highest BCUT2D eigenvalue weighted by atomic mass is 32.1. The first-order valence-corrected chi connectivity index (χ1v) is 7.45. The molecule has 0 aliphatic heterocycles. The summed E-state index contributed by atoms with van der Waals surface area (Å²) < 4.78 is 13.3. The predicted octanol–water partition coefficient (Wildman–Crippen LogP) is 2.20. The second-order valence-electron chi connectivity index (χ2n) is 5.30. The molecule has 0 aromatic heterocycles. The zero-order chi connectivity index (χ0) is 14.5. The number of nitrogens with zero attached hydrogens (tertiary/aromatic N) is 1. The third-order valence-corrected chi connectivity index (χ3v) is 4.13. The first-order chi connectivity index (χ1) is 9.61. The number of rotatable bonds is 7. The number of hydrogen-bond acceptors (Lipinski definition) is 3. The van der Waals surface area contributed by atoms with Crippen LogP contribution in [0, 0.1) is 5.82 Å². The average molecular weight is 296 g/mol. The van der Waals surface area contributed by atoms with Crippen molar-refractivity contribution in [1.82, 2.24) is 4.90 Å². The molecule has 1 aromatic carbocycles. The zero-order valence-corrected chi connectivity index (χ0v) is 12.3. The standard InChI is InChI=1S/C15H21FN2OS/c16-12-6-5-11(14(9-12)15(17)20)10-18(7-2-8-19)13-3-1-4-13/h5-6,9,13,19H,1-4,7-8,10H2,(H2,17,20). The fourth-order valence-corrected chi connectivity index (χ4v) is 2.74. The maximum atomic E-state index is 13.3. The molecule has 0 atom stereocenters. The summed E-state index contributed by atoms with van der Waals surface area (Å²) in [6.07, 6.45) is 4.38. The zero-order valence-electron chi connectivity index (χ0n) is 11.5. The Balaban J connectivity index is 2.14. The van der Waals surface area contributed by atoms with E-state index in [1.807, 2.05) is 0 Å². The number of aliphatic hydroxyl groups excluding tert-OH is 1. The van der Waals surface area contributed by atoms with E-state index in [0.29, 0.717) is 18.2 Å². The van der Waals surface area contributed by atoms with Crippen LogP contribution in [-0.4, -0.2) is 34.2 Å². The van der Waals surface area contributed by atoms with Crippen LogP contribution >= 0.6 is 12.2 Å². The van der Waals surface area contributed by atoms with Crippen LogP contribution < -0.4 is 5.73 Å². The first kappa shape index (κ1) is 15.4. The molecular weight excluding hydrogens is 275 g/mol. The highest BCUT2D eigenvalue weighted by Gasteiger charge is 2.25. The van der Waals surface area contributed by atoms with Crippen LogP contribution in [-0.2, 0) is 6.54 Å². The molecule has 20 heavy (non-hydrogen) atoms. The molecule has 3 N–H and O–H groups in total. The molecule has 1 aliphatic carbocycles. The highest BCUT2D eigenvalue weighted by Crippen LogP contribution is 2.27. The van der Waals surface area contributed by atoms with Crippen molar-refractivity contribution in [3.05, 3.63) is 35.1 Å². The lowest BCUT2D eigenvalue weighted by molar-refractivity contribution is 0.109. The van der Waals surface area contributed by atoms with Gasteiger partial charge in [0.15, 0.2) is 0 Å². The number of nitrogens with two attached hydrogens (primary N) is 1. The summed E-state index contributed by atoms with van der Waals surface area (Å²) in [5.74, 6) is -0.317. The minimum absolute atomic E-state index is 0.189. The van der Waals surface area contributed by atoms with Gasteiger partial charge in [0.25, 0.3) is 0 Å². The minimum Gasteiger partial charge on any atom is -0.396 e. The summed E-state index contributed by atoms with van der Waals surface area (Å²) in [5.41, 5.74) is 7.27. The van der Waals surface area contributed by atoms with E-state index >= 15 is 0 Å². The second kappa shape index (κ2) is 7.11. The normalized spacial score (nSPS) is 15.3. The fraction of sp³-hybridized carbons (Fsp3) is 0.533. The maximum Gasteiger partial charge on any atom is 0.123 e. The van der Waals surface area contributed by atoms with Gasteiger partial charge < -0.3 is 10.8 Å². The van der Waals surface area contributed by atoms with Crippen LogP contribution in [0.1, 0.15) is 36.8 Å². The molecule has 5 heteroatoms. The molecule has 1 aliphatic rings. The molecule has 0 bridgehead atoms. The van der Waals surface area contributed by atoms with Gasteiger partial charge in [-0.25, -0.2) is 4.39 Å². The van der Waals surface area contributed by atoms with Crippen molar-refractivity contribution in [1.29, 1.82) is 0 Å². The lowest BCUT2D eigenvalue weighted by Gasteiger charge is -2.38.